The summed E-state index contributed by atoms with van der Waals surface area (Å²) in [5.41, 5.74) is 1.88. The molecule has 3 aromatic rings. The standard InChI is InChI=1S/C18H15Cl2N3O/c1-11-4-2-6-13-10-21-23-18(16(11)13)22-15(24)9-8-12-5-3-7-14(19)17(12)20/h2-7,10H,8-9H2,1H3,(H,22,23,24). The molecule has 6 heteroatoms. The lowest BCUT2D eigenvalue weighted by Crippen LogP contribution is -2.14. The Bertz CT molecular complexity index is 907. The second-order valence-corrected chi connectivity index (χ2v) is 6.28. The van der Waals surface area contributed by atoms with Crippen LogP contribution in [-0.2, 0) is 11.2 Å². The second-order valence-electron chi connectivity index (χ2n) is 5.49. The first-order chi connectivity index (χ1) is 11.6. The number of halogens is 2. The van der Waals surface area contributed by atoms with Gasteiger partial charge in [-0.25, -0.2) is 0 Å². The van der Waals surface area contributed by atoms with Crippen molar-refractivity contribution in [3.8, 4) is 0 Å². The summed E-state index contributed by atoms with van der Waals surface area (Å²) in [7, 11) is 0. The first-order valence-corrected chi connectivity index (χ1v) is 8.25. The van der Waals surface area contributed by atoms with Gasteiger partial charge in [-0.1, -0.05) is 53.5 Å². The Morgan fingerprint density at radius 2 is 1.96 bits per heavy atom. The molecular weight excluding hydrogens is 345 g/mol. The maximum absolute atomic E-state index is 12.3. The summed E-state index contributed by atoms with van der Waals surface area (Å²) in [6.45, 7) is 1.98. The number of hydrogen-bond acceptors (Lipinski definition) is 3. The van der Waals surface area contributed by atoms with Crippen LogP contribution < -0.4 is 5.32 Å². The zero-order valence-electron chi connectivity index (χ0n) is 13.0. The van der Waals surface area contributed by atoms with Gasteiger partial charge in [0.1, 0.15) is 0 Å². The van der Waals surface area contributed by atoms with Crippen molar-refractivity contribution in [1.82, 2.24) is 10.2 Å². The fraction of sp³-hybridized carbons (Fsp3) is 0.167. The first-order valence-electron chi connectivity index (χ1n) is 7.50. The van der Waals surface area contributed by atoms with Gasteiger partial charge in [0.25, 0.3) is 0 Å². The highest BCUT2D eigenvalue weighted by molar-refractivity contribution is 6.42. The van der Waals surface area contributed by atoms with Crippen molar-refractivity contribution < 1.29 is 4.79 Å². The number of rotatable bonds is 4. The van der Waals surface area contributed by atoms with E-state index >= 15 is 0 Å². The van der Waals surface area contributed by atoms with Crippen LogP contribution in [0.3, 0.4) is 0 Å². The highest BCUT2D eigenvalue weighted by Gasteiger charge is 2.11. The van der Waals surface area contributed by atoms with Crippen molar-refractivity contribution in [2.24, 2.45) is 0 Å². The number of nitrogens with zero attached hydrogens (tertiary/aromatic N) is 2. The second kappa shape index (κ2) is 7.16. The number of fused-ring (bicyclic) bond motifs is 1. The zero-order chi connectivity index (χ0) is 17.1. The molecular formula is C18H15Cl2N3O. The monoisotopic (exact) mass is 359 g/mol. The van der Waals surface area contributed by atoms with Gasteiger partial charge in [-0.15, -0.1) is 5.10 Å². The van der Waals surface area contributed by atoms with Crippen molar-refractivity contribution in [3.05, 3.63) is 63.8 Å². The number of aryl methyl sites for hydroxylation is 2. The number of nitrogens with one attached hydrogen (secondary N) is 1. The molecule has 0 unspecified atom stereocenters. The lowest BCUT2D eigenvalue weighted by molar-refractivity contribution is -0.116. The SMILES string of the molecule is Cc1cccc2cnnc(NC(=O)CCc3cccc(Cl)c3Cl)c12. The molecule has 3 rings (SSSR count). The van der Waals surface area contributed by atoms with Gasteiger partial charge in [-0.2, -0.15) is 5.10 Å². The van der Waals surface area contributed by atoms with Crippen LogP contribution >= 0.6 is 23.2 Å². The number of benzene rings is 2. The first kappa shape index (κ1) is 16.7. The third kappa shape index (κ3) is 3.50. The molecule has 0 spiro atoms. The van der Waals surface area contributed by atoms with Crippen LogP contribution in [0.4, 0.5) is 5.82 Å². The minimum absolute atomic E-state index is 0.143. The average Bonchev–Trinajstić information content (AvgIpc) is 2.56. The van der Waals surface area contributed by atoms with E-state index in [1.165, 1.54) is 0 Å². The van der Waals surface area contributed by atoms with Crippen molar-refractivity contribution in [3.63, 3.8) is 0 Å². The Hall–Kier alpha value is -2.17. The lowest BCUT2D eigenvalue weighted by atomic mass is 10.1. The molecule has 1 aromatic heterocycles. The third-order valence-corrected chi connectivity index (χ3v) is 4.67. The van der Waals surface area contributed by atoms with E-state index in [2.05, 4.69) is 15.5 Å². The average molecular weight is 360 g/mol. The highest BCUT2D eigenvalue weighted by Crippen LogP contribution is 2.27. The molecule has 0 aliphatic heterocycles. The number of carbonyl (C=O) groups excluding carboxylic acids is 1. The predicted molar refractivity (Wildman–Crippen MR) is 97.7 cm³/mol. The van der Waals surface area contributed by atoms with Gasteiger partial charge < -0.3 is 5.32 Å². The number of anilines is 1. The van der Waals surface area contributed by atoms with Gasteiger partial charge in [-0.05, 0) is 30.5 Å². The van der Waals surface area contributed by atoms with E-state index in [9.17, 15) is 4.79 Å². The Kier molecular flexibility index (Phi) is 4.97. The molecule has 0 saturated heterocycles. The van der Waals surface area contributed by atoms with Gasteiger partial charge >= 0.3 is 0 Å². The van der Waals surface area contributed by atoms with E-state index in [0.29, 0.717) is 22.3 Å². The normalized spacial score (nSPS) is 10.8. The van der Waals surface area contributed by atoms with Gasteiger partial charge in [0, 0.05) is 17.2 Å². The Morgan fingerprint density at radius 1 is 1.17 bits per heavy atom. The summed E-state index contributed by atoms with van der Waals surface area (Å²) >= 11 is 12.1. The van der Waals surface area contributed by atoms with Crippen molar-refractivity contribution in [1.29, 1.82) is 0 Å². The summed E-state index contributed by atoms with van der Waals surface area (Å²) < 4.78 is 0. The van der Waals surface area contributed by atoms with E-state index < -0.39 is 0 Å². The van der Waals surface area contributed by atoms with Crippen LogP contribution in [0.2, 0.25) is 10.0 Å². The molecule has 0 fully saturated rings. The molecule has 24 heavy (non-hydrogen) atoms. The van der Waals surface area contributed by atoms with Crippen LogP contribution in [0.5, 0.6) is 0 Å². The molecule has 0 radical (unpaired) electrons. The third-order valence-electron chi connectivity index (χ3n) is 3.81. The molecule has 1 heterocycles. The van der Waals surface area contributed by atoms with E-state index in [4.69, 9.17) is 23.2 Å². The Labute approximate surface area is 149 Å². The van der Waals surface area contributed by atoms with Crippen molar-refractivity contribution in [2.45, 2.75) is 19.8 Å². The molecule has 122 valence electrons. The van der Waals surface area contributed by atoms with Crippen LogP contribution in [-0.4, -0.2) is 16.1 Å². The molecule has 0 atom stereocenters. The largest absolute Gasteiger partial charge is 0.309 e. The fourth-order valence-electron chi connectivity index (χ4n) is 2.59. The number of carbonyl (C=O) groups is 1. The molecule has 0 aliphatic rings. The van der Waals surface area contributed by atoms with Gasteiger partial charge in [0.15, 0.2) is 5.82 Å². The van der Waals surface area contributed by atoms with Crippen molar-refractivity contribution in [2.75, 3.05) is 5.32 Å². The fourth-order valence-corrected chi connectivity index (χ4v) is 3.01. The maximum Gasteiger partial charge on any atom is 0.225 e. The smallest absolute Gasteiger partial charge is 0.225 e. The van der Waals surface area contributed by atoms with Crippen LogP contribution in [0.15, 0.2) is 42.6 Å². The van der Waals surface area contributed by atoms with Crippen molar-refractivity contribution >= 4 is 45.7 Å². The maximum atomic E-state index is 12.3. The zero-order valence-corrected chi connectivity index (χ0v) is 14.5. The van der Waals surface area contributed by atoms with E-state index in [-0.39, 0.29) is 12.3 Å². The molecule has 0 aliphatic carbocycles. The summed E-state index contributed by atoms with van der Waals surface area (Å²) in [6, 6.07) is 11.3. The molecule has 4 nitrogen and oxygen atoms in total. The van der Waals surface area contributed by atoms with Gasteiger partial charge in [0.05, 0.1) is 16.2 Å². The summed E-state index contributed by atoms with van der Waals surface area (Å²) in [6.07, 6.45) is 2.47. The van der Waals surface area contributed by atoms with Gasteiger partial charge in [-0.3, -0.25) is 4.79 Å². The van der Waals surface area contributed by atoms with Crippen LogP contribution in [0.25, 0.3) is 10.8 Å². The van der Waals surface area contributed by atoms with E-state index in [1.807, 2.05) is 37.3 Å². The lowest BCUT2D eigenvalue weighted by Gasteiger charge is -2.09. The van der Waals surface area contributed by atoms with E-state index in [1.54, 1.807) is 12.3 Å². The Balaban J connectivity index is 1.75. The minimum Gasteiger partial charge on any atom is -0.309 e. The molecule has 2 aromatic carbocycles. The molecule has 0 saturated carbocycles. The minimum atomic E-state index is -0.143. The van der Waals surface area contributed by atoms with Gasteiger partial charge in [0.2, 0.25) is 5.91 Å². The molecule has 1 amide bonds. The van der Waals surface area contributed by atoms with Crippen LogP contribution in [0.1, 0.15) is 17.5 Å². The summed E-state index contributed by atoms with van der Waals surface area (Å²) in [5.74, 6) is 0.337. The summed E-state index contributed by atoms with van der Waals surface area (Å²) in [5, 5.41) is 13.7. The summed E-state index contributed by atoms with van der Waals surface area (Å²) in [4.78, 5) is 12.3. The number of aromatic nitrogens is 2. The molecule has 0 bridgehead atoms. The number of hydrogen-bond donors (Lipinski definition) is 1. The molecule has 1 N–H and O–H groups in total. The Morgan fingerprint density at radius 3 is 2.79 bits per heavy atom. The number of amides is 1. The van der Waals surface area contributed by atoms with E-state index in [0.717, 1.165) is 21.9 Å². The highest BCUT2D eigenvalue weighted by atomic mass is 35.5. The quantitative estimate of drug-likeness (QED) is 0.726. The topological polar surface area (TPSA) is 54.9 Å². The van der Waals surface area contributed by atoms with Crippen LogP contribution in [0, 0.1) is 6.92 Å². The predicted octanol–water partition coefficient (Wildman–Crippen LogP) is 4.82.